The van der Waals surface area contributed by atoms with Crippen molar-refractivity contribution in [1.82, 2.24) is 40.4 Å². The Bertz CT molecular complexity index is 1970. The van der Waals surface area contributed by atoms with Gasteiger partial charge in [0, 0.05) is 24.2 Å². The van der Waals surface area contributed by atoms with Crippen LogP contribution in [-0.2, 0) is 19.1 Å². The van der Waals surface area contributed by atoms with Gasteiger partial charge in [0.2, 0.25) is 11.8 Å². The molecule has 4 N–H and O–H groups in total. The highest BCUT2D eigenvalue weighted by molar-refractivity contribution is 5.87. The second kappa shape index (κ2) is 15.4. The predicted molar refractivity (Wildman–Crippen MR) is 188 cm³/mol. The van der Waals surface area contributed by atoms with E-state index in [1.54, 1.807) is 16.0 Å². The van der Waals surface area contributed by atoms with Gasteiger partial charge in [0.15, 0.2) is 0 Å². The van der Waals surface area contributed by atoms with Crippen molar-refractivity contribution in [3.63, 3.8) is 0 Å². The van der Waals surface area contributed by atoms with Crippen molar-refractivity contribution < 1.29 is 28.7 Å². The highest BCUT2D eigenvalue weighted by Gasteiger charge is 2.37. The van der Waals surface area contributed by atoms with Crippen LogP contribution in [0.15, 0.2) is 48.7 Å². The minimum atomic E-state index is -0.695. The van der Waals surface area contributed by atoms with Gasteiger partial charge in [0.1, 0.15) is 24.2 Å². The molecule has 0 bridgehead atoms. The third kappa shape index (κ3) is 7.82. The number of nitrogens with one attached hydrogen (secondary N) is 4. The highest BCUT2D eigenvalue weighted by Crippen LogP contribution is 2.33. The number of fused-ring (bicyclic) bond motifs is 1. The van der Waals surface area contributed by atoms with Crippen LogP contribution in [0.25, 0.3) is 22.3 Å². The largest absolute Gasteiger partial charge is 0.453 e. The number of benzene rings is 2. The molecule has 2 saturated heterocycles. The SMILES string of the molecule is COC(=O)NCC(=O)N1CCC[C@H]1c1ncc(-c2ccc(C#Cc3ccc4nc([C@@H]5CCCN5C(=O)[C@@H](NC(=O)OC)C(C)C)[nH]c4c3)cc2)[nH]1. The molecule has 2 aliphatic rings. The number of carbonyl (C=O) groups is 4. The molecule has 51 heavy (non-hydrogen) atoms. The van der Waals surface area contributed by atoms with E-state index in [2.05, 4.69) is 42.2 Å². The van der Waals surface area contributed by atoms with Gasteiger partial charge < -0.3 is 39.9 Å². The number of rotatable bonds is 8. The Labute approximate surface area is 295 Å². The maximum Gasteiger partial charge on any atom is 0.407 e. The van der Waals surface area contributed by atoms with E-state index in [1.807, 2.05) is 56.3 Å². The van der Waals surface area contributed by atoms with Crippen LogP contribution < -0.4 is 10.6 Å². The van der Waals surface area contributed by atoms with Crippen molar-refractivity contribution >= 4 is 35.0 Å². The molecule has 0 radical (unpaired) electrons. The summed E-state index contributed by atoms with van der Waals surface area (Å²) in [7, 11) is 2.54. The number of likely N-dealkylation sites (tertiary alicyclic amines) is 2. The van der Waals surface area contributed by atoms with Crippen LogP contribution in [0.3, 0.4) is 0 Å². The number of methoxy groups -OCH3 is 2. The average molecular weight is 695 g/mol. The van der Waals surface area contributed by atoms with Crippen LogP contribution in [0, 0.1) is 17.8 Å². The number of alkyl carbamates (subject to hydrolysis) is 2. The van der Waals surface area contributed by atoms with E-state index in [0.29, 0.717) is 24.7 Å². The molecule has 2 aromatic carbocycles. The van der Waals surface area contributed by atoms with Gasteiger partial charge in [-0.15, -0.1) is 0 Å². The van der Waals surface area contributed by atoms with Crippen molar-refractivity contribution in [2.24, 2.45) is 5.92 Å². The fraction of sp³-hybridized carbons (Fsp3) is 0.405. The van der Waals surface area contributed by atoms with Gasteiger partial charge in [-0.05, 0) is 67.5 Å². The topological polar surface area (TPSA) is 175 Å². The lowest BCUT2D eigenvalue weighted by molar-refractivity contribution is -0.135. The lowest BCUT2D eigenvalue weighted by atomic mass is 10.0. The Morgan fingerprint density at radius 2 is 1.55 bits per heavy atom. The van der Waals surface area contributed by atoms with Crippen LogP contribution in [-0.4, -0.2) is 93.6 Å². The summed E-state index contributed by atoms with van der Waals surface area (Å²) >= 11 is 0. The fourth-order valence-corrected chi connectivity index (χ4v) is 6.66. The number of nitrogens with zero attached hydrogens (tertiary/aromatic N) is 4. The molecule has 6 rings (SSSR count). The van der Waals surface area contributed by atoms with E-state index in [1.165, 1.54) is 14.2 Å². The average Bonchev–Trinajstić information content (AvgIpc) is 3.97. The zero-order valence-corrected chi connectivity index (χ0v) is 29.1. The molecule has 2 aliphatic heterocycles. The van der Waals surface area contributed by atoms with E-state index < -0.39 is 18.2 Å². The van der Waals surface area contributed by atoms with E-state index >= 15 is 0 Å². The number of aromatic amines is 2. The second-order valence-corrected chi connectivity index (χ2v) is 13.0. The smallest absolute Gasteiger partial charge is 0.407 e. The molecule has 4 amide bonds. The molecule has 3 atom stereocenters. The molecule has 0 aliphatic carbocycles. The first kappa shape index (κ1) is 35.0. The summed E-state index contributed by atoms with van der Waals surface area (Å²) < 4.78 is 9.30. The summed E-state index contributed by atoms with van der Waals surface area (Å²) in [4.78, 5) is 69.2. The van der Waals surface area contributed by atoms with Gasteiger partial charge in [-0.25, -0.2) is 19.6 Å². The van der Waals surface area contributed by atoms with Crippen molar-refractivity contribution in [2.45, 2.75) is 57.7 Å². The molecular weight excluding hydrogens is 652 g/mol. The van der Waals surface area contributed by atoms with Crippen LogP contribution >= 0.6 is 0 Å². The summed E-state index contributed by atoms with van der Waals surface area (Å²) in [6.07, 6.45) is 3.73. The predicted octanol–water partition coefficient (Wildman–Crippen LogP) is 4.42. The van der Waals surface area contributed by atoms with Gasteiger partial charge in [0.25, 0.3) is 0 Å². The maximum absolute atomic E-state index is 13.5. The normalized spacial score (nSPS) is 17.6. The van der Waals surface area contributed by atoms with Crippen molar-refractivity contribution in [3.05, 3.63) is 71.4 Å². The van der Waals surface area contributed by atoms with Crippen molar-refractivity contribution in [3.8, 4) is 23.1 Å². The van der Waals surface area contributed by atoms with Crippen LogP contribution in [0.4, 0.5) is 9.59 Å². The third-order valence-electron chi connectivity index (χ3n) is 9.34. The lowest BCUT2D eigenvalue weighted by Crippen LogP contribution is -2.51. The van der Waals surface area contributed by atoms with Gasteiger partial charge >= 0.3 is 12.2 Å². The first-order valence-electron chi connectivity index (χ1n) is 17.1. The van der Waals surface area contributed by atoms with E-state index in [-0.39, 0.29) is 36.4 Å². The molecule has 4 heterocycles. The van der Waals surface area contributed by atoms with Gasteiger partial charge in [-0.2, -0.15) is 0 Å². The van der Waals surface area contributed by atoms with Gasteiger partial charge in [-0.3, -0.25) is 9.59 Å². The Hall–Kier alpha value is -5.84. The zero-order valence-electron chi connectivity index (χ0n) is 29.1. The molecule has 2 fully saturated rings. The number of hydrogen-bond acceptors (Lipinski definition) is 8. The number of carbonyl (C=O) groups excluding carboxylic acids is 4. The van der Waals surface area contributed by atoms with Crippen molar-refractivity contribution in [1.29, 1.82) is 0 Å². The Kier molecular flexibility index (Phi) is 10.5. The van der Waals surface area contributed by atoms with Gasteiger partial charge in [-0.1, -0.05) is 37.8 Å². The van der Waals surface area contributed by atoms with E-state index in [4.69, 9.17) is 9.72 Å². The number of imidazole rings is 2. The number of ether oxygens (including phenoxy) is 2. The summed E-state index contributed by atoms with van der Waals surface area (Å²) in [5.74, 6) is 7.44. The Morgan fingerprint density at radius 1 is 0.882 bits per heavy atom. The summed E-state index contributed by atoms with van der Waals surface area (Å²) in [6.45, 7) is 4.84. The highest BCUT2D eigenvalue weighted by atomic mass is 16.5. The molecule has 2 aromatic heterocycles. The molecule has 0 unspecified atom stereocenters. The minimum absolute atomic E-state index is 0.111. The maximum atomic E-state index is 13.5. The molecule has 266 valence electrons. The van der Waals surface area contributed by atoms with Crippen LogP contribution in [0.1, 0.15) is 74.4 Å². The standard InChI is InChI=1S/C37H42N8O6/c1-22(2)32(43-37(49)51-4)35(47)45-18-6-8-30(45)34-40-26-16-13-24(19-27(26)41-34)10-9-23-11-14-25(15-12-23)28-20-38-33(42-28)29-7-5-17-44(29)31(46)21-39-36(48)50-3/h11-16,19-20,22,29-30,32H,5-8,17-18,21H2,1-4H3,(H,38,42)(H,39,48)(H,40,41)(H,43,49)/t29-,30-,32-/m0/s1. The summed E-state index contributed by atoms with van der Waals surface area (Å²) in [5.41, 5.74) is 5.05. The lowest BCUT2D eigenvalue weighted by Gasteiger charge is -2.29. The molecular formula is C37H42N8O6. The monoisotopic (exact) mass is 694 g/mol. The summed E-state index contributed by atoms with van der Waals surface area (Å²) in [5, 5.41) is 5.13. The van der Waals surface area contributed by atoms with Crippen LogP contribution in [0.5, 0.6) is 0 Å². The zero-order chi connectivity index (χ0) is 36.1. The number of aromatic nitrogens is 4. The first-order chi connectivity index (χ1) is 24.6. The second-order valence-electron chi connectivity index (χ2n) is 13.0. The fourth-order valence-electron chi connectivity index (χ4n) is 6.66. The Morgan fingerprint density at radius 3 is 2.25 bits per heavy atom. The molecule has 4 aromatic rings. The molecule has 14 heteroatoms. The number of H-pyrrole nitrogens is 2. The molecule has 14 nitrogen and oxygen atoms in total. The minimum Gasteiger partial charge on any atom is -0.453 e. The summed E-state index contributed by atoms with van der Waals surface area (Å²) in [6, 6.07) is 12.5. The van der Waals surface area contributed by atoms with Crippen molar-refractivity contribution in [2.75, 3.05) is 33.9 Å². The first-order valence-corrected chi connectivity index (χ1v) is 17.1. The Balaban J connectivity index is 1.11. The third-order valence-corrected chi connectivity index (χ3v) is 9.34. The van der Waals surface area contributed by atoms with Crippen LogP contribution in [0.2, 0.25) is 0 Å². The van der Waals surface area contributed by atoms with E-state index in [0.717, 1.165) is 59.1 Å². The quantitative estimate of drug-likeness (QED) is 0.196. The van der Waals surface area contributed by atoms with E-state index in [9.17, 15) is 19.2 Å². The number of amides is 4. The molecule has 0 saturated carbocycles. The number of hydrogen-bond donors (Lipinski definition) is 4. The van der Waals surface area contributed by atoms with Gasteiger partial charge in [0.05, 0.1) is 49.2 Å². The molecule has 0 spiro atoms.